The molecule has 0 heterocycles. The molecule has 2 N–H and O–H groups in total. The standard InChI is InChI=1S/C13H25NO2/c1-2-3-9-12(15)13(16)14-10-11-7-5-4-6-8-11/h11-12,15H,2-10H2,1H3,(H,14,16). The molecule has 1 rings (SSSR count). The van der Waals surface area contributed by atoms with E-state index in [4.69, 9.17) is 0 Å². The minimum absolute atomic E-state index is 0.181. The Morgan fingerprint density at radius 1 is 1.38 bits per heavy atom. The van der Waals surface area contributed by atoms with Gasteiger partial charge in [-0.15, -0.1) is 0 Å². The minimum Gasteiger partial charge on any atom is -0.383 e. The Morgan fingerprint density at radius 2 is 2.06 bits per heavy atom. The highest BCUT2D eigenvalue weighted by molar-refractivity contribution is 5.80. The first-order chi connectivity index (χ1) is 7.74. The summed E-state index contributed by atoms with van der Waals surface area (Å²) in [6.07, 6.45) is 8.10. The molecule has 1 aliphatic rings. The van der Waals surface area contributed by atoms with E-state index in [0.29, 0.717) is 12.3 Å². The van der Waals surface area contributed by atoms with Crippen molar-refractivity contribution in [3.63, 3.8) is 0 Å². The van der Waals surface area contributed by atoms with Crippen LogP contribution in [-0.2, 0) is 4.79 Å². The highest BCUT2D eigenvalue weighted by Gasteiger charge is 2.17. The van der Waals surface area contributed by atoms with Crippen LogP contribution in [0.25, 0.3) is 0 Å². The third-order valence-corrected chi connectivity index (χ3v) is 3.42. The third-order valence-electron chi connectivity index (χ3n) is 3.42. The van der Waals surface area contributed by atoms with Gasteiger partial charge in [-0.25, -0.2) is 0 Å². The van der Waals surface area contributed by atoms with Crippen molar-refractivity contribution in [2.24, 2.45) is 5.92 Å². The van der Waals surface area contributed by atoms with E-state index in [9.17, 15) is 9.90 Å². The van der Waals surface area contributed by atoms with Crippen molar-refractivity contribution in [3.05, 3.63) is 0 Å². The van der Waals surface area contributed by atoms with Gasteiger partial charge in [-0.05, 0) is 25.2 Å². The Balaban J connectivity index is 2.12. The van der Waals surface area contributed by atoms with E-state index in [1.807, 2.05) is 0 Å². The second kappa shape index (κ2) is 7.66. The van der Waals surface area contributed by atoms with Gasteiger partial charge in [0.1, 0.15) is 6.10 Å². The molecule has 3 heteroatoms. The van der Waals surface area contributed by atoms with Crippen LogP contribution < -0.4 is 5.32 Å². The number of aliphatic hydroxyl groups is 1. The van der Waals surface area contributed by atoms with Gasteiger partial charge in [-0.3, -0.25) is 4.79 Å². The van der Waals surface area contributed by atoms with Crippen LogP contribution in [0.3, 0.4) is 0 Å². The Bertz CT molecular complexity index is 200. The van der Waals surface area contributed by atoms with Gasteiger partial charge in [0.25, 0.3) is 0 Å². The zero-order chi connectivity index (χ0) is 11.8. The molecule has 0 aromatic rings. The van der Waals surface area contributed by atoms with Crippen molar-refractivity contribution in [1.29, 1.82) is 0 Å². The third kappa shape index (κ3) is 4.97. The normalized spacial score (nSPS) is 19.4. The number of aliphatic hydroxyl groups excluding tert-OH is 1. The first kappa shape index (κ1) is 13.5. The van der Waals surface area contributed by atoms with Crippen LogP contribution in [0.15, 0.2) is 0 Å². The molecule has 3 nitrogen and oxygen atoms in total. The van der Waals surface area contributed by atoms with Crippen LogP contribution in [0, 0.1) is 5.92 Å². The number of amides is 1. The average molecular weight is 227 g/mol. The maximum Gasteiger partial charge on any atom is 0.248 e. The molecule has 16 heavy (non-hydrogen) atoms. The van der Waals surface area contributed by atoms with E-state index in [1.165, 1.54) is 32.1 Å². The highest BCUT2D eigenvalue weighted by Crippen LogP contribution is 2.22. The lowest BCUT2D eigenvalue weighted by atomic mass is 9.89. The molecule has 1 atom stereocenters. The van der Waals surface area contributed by atoms with Gasteiger partial charge in [0.15, 0.2) is 0 Å². The van der Waals surface area contributed by atoms with Crippen molar-refractivity contribution < 1.29 is 9.90 Å². The van der Waals surface area contributed by atoms with Crippen LogP contribution in [-0.4, -0.2) is 23.7 Å². The monoisotopic (exact) mass is 227 g/mol. The summed E-state index contributed by atoms with van der Waals surface area (Å²) in [6.45, 7) is 2.81. The Morgan fingerprint density at radius 3 is 2.69 bits per heavy atom. The van der Waals surface area contributed by atoms with Gasteiger partial charge in [0, 0.05) is 6.54 Å². The molecule has 1 unspecified atom stereocenters. The van der Waals surface area contributed by atoms with Crippen LogP contribution in [0.4, 0.5) is 0 Å². The summed E-state index contributed by atoms with van der Waals surface area (Å²) >= 11 is 0. The summed E-state index contributed by atoms with van der Waals surface area (Å²) in [5.74, 6) is 0.454. The fraction of sp³-hybridized carbons (Fsp3) is 0.923. The van der Waals surface area contributed by atoms with Gasteiger partial charge in [-0.1, -0.05) is 39.0 Å². The van der Waals surface area contributed by atoms with Gasteiger partial charge in [-0.2, -0.15) is 0 Å². The summed E-state index contributed by atoms with van der Waals surface area (Å²) in [4.78, 5) is 11.5. The quantitative estimate of drug-likeness (QED) is 0.731. The lowest BCUT2D eigenvalue weighted by Crippen LogP contribution is -2.37. The number of hydrogen-bond acceptors (Lipinski definition) is 2. The van der Waals surface area contributed by atoms with Gasteiger partial charge in [0.05, 0.1) is 0 Å². The highest BCUT2D eigenvalue weighted by atomic mass is 16.3. The second-order valence-corrected chi connectivity index (χ2v) is 4.91. The average Bonchev–Trinajstić information content (AvgIpc) is 2.34. The molecule has 0 bridgehead atoms. The minimum atomic E-state index is -0.802. The van der Waals surface area contributed by atoms with Crippen molar-refractivity contribution in [1.82, 2.24) is 5.32 Å². The number of carbonyl (C=O) groups is 1. The van der Waals surface area contributed by atoms with E-state index in [-0.39, 0.29) is 5.91 Å². The molecule has 0 saturated heterocycles. The topological polar surface area (TPSA) is 49.3 Å². The summed E-state index contributed by atoms with van der Waals surface area (Å²) in [6, 6.07) is 0. The molecule has 0 aliphatic heterocycles. The fourth-order valence-corrected chi connectivity index (χ4v) is 2.28. The smallest absolute Gasteiger partial charge is 0.248 e. The molecular formula is C13H25NO2. The largest absolute Gasteiger partial charge is 0.383 e. The summed E-state index contributed by atoms with van der Waals surface area (Å²) in [5.41, 5.74) is 0. The van der Waals surface area contributed by atoms with E-state index in [2.05, 4.69) is 12.2 Å². The molecule has 0 spiro atoms. The van der Waals surface area contributed by atoms with E-state index in [1.54, 1.807) is 0 Å². The van der Waals surface area contributed by atoms with Crippen LogP contribution in [0.5, 0.6) is 0 Å². The first-order valence-corrected chi connectivity index (χ1v) is 6.69. The van der Waals surface area contributed by atoms with Crippen LogP contribution >= 0.6 is 0 Å². The lowest BCUT2D eigenvalue weighted by Gasteiger charge is -2.22. The van der Waals surface area contributed by atoms with E-state index < -0.39 is 6.10 Å². The van der Waals surface area contributed by atoms with E-state index in [0.717, 1.165) is 19.4 Å². The SMILES string of the molecule is CCCCC(O)C(=O)NCC1CCCCC1. The van der Waals surface area contributed by atoms with E-state index >= 15 is 0 Å². The van der Waals surface area contributed by atoms with Gasteiger partial charge in [0.2, 0.25) is 5.91 Å². The Kier molecular flexibility index (Phi) is 6.46. The zero-order valence-corrected chi connectivity index (χ0v) is 10.4. The number of unbranched alkanes of at least 4 members (excludes halogenated alkanes) is 1. The lowest BCUT2D eigenvalue weighted by molar-refractivity contribution is -0.129. The molecule has 1 saturated carbocycles. The molecule has 0 aromatic carbocycles. The maximum absolute atomic E-state index is 11.5. The number of hydrogen-bond donors (Lipinski definition) is 2. The van der Waals surface area contributed by atoms with Crippen molar-refractivity contribution in [2.45, 2.75) is 64.4 Å². The van der Waals surface area contributed by atoms with Crippen molar-refractivity contribution >= 4 is 5.91 Å². The molecule has 1 aliphatic carbocycles. The fourth-order valence-electron chi connectivity index (χ4n) is 2.28. The predicted octanol–water partition coefficient (Wildman–Crippen LogP) is 2.23. The van der Waals surface area contributed by atoms with Gasteiger partial charge >= 0.3 is 0 Å². The zero-order valence-electron chi connectivity index (χ0n) is 10.4. The van der Waals surface area contributed by atoms with Crippen LogP contribution in [0.2, 0.25) is 0 Å². The Labute approximate surface area is 98.6 Å². The first-order valence-electron chi connectivity index (χ1n) is 6.69. The second-order valence-electron chi connectivity index (χ2n) is 4.91. The van der Waals surface area contributed by atoms with Crippen LogP contribution in [0.1, 0.15) is 58.3 Å². The summed E-state index contributed by atoms with van der Waals surface area (Å²) < 4.78 is 0. The Hall–Kier alpha value is -0.570. The van der Waals surface area contributed by atoms with Gasteiger partial charge < -0.3 is 10.4 Å². The van der Waals surface area contributed by atoms with Crippen molar-refractivity contribution in [2.75, 3.05) is 6.54 Å². The predicted molar refractivity (Wildman–Crippen MR) is 65.1 cm³/mol. The number of carbonyl (C=O) groups excluding carboxylic acids is 1. The summed E-state index contributed by atoms with van der Waals surface area (Å²) in [7, 11) is 0. The van der Waals surface area contributed by atoms with Crippen molar-refractivity contribution in [3.8, 4) is 0 Å². The molecule has 94 valence electrons. The number of nitrogens with one attached hydrogen (secondary N) is 1. The molecule has 1 amide bonds. The molecular weight excluding hydrogens is 202 g/mol. The number of rotatable bonds is 6. The molecule has 0 radical (unpaired) electrons. The maximum atomic E-state index is 11.5. The summed E-state index contributed by atoms with van der Waals surface area (Å²) in [5, 5.41) is 12.4. The molecule has 1 fully saturated rings. The molecule has 0 aromatic heterocycles.